The summed E-state index contributed by atoms with van der Waals surface area (Å²) in [5.41, 5.74) is 2.13. The Bertz CT molecular complexity index is 982. The Labute approximate surface area is 207 Å². The lowest BCUT2D eigenvalue weighted by Crippen LogP contribution is -2.52. The average Bonchev–Trinajstić information content (AvgIpc) is 3.58. The molecule has 0 aliphatic carbocycles. The van der Waals surface area contributed by atoms with Gasteiger partial charge in [-0.25, -0.2) is 4.79 Å². The number of amides is 3. The molecule has 1 N–H and O–H groups in total. The monoisotopic (exact) mass is 477 g/mol. The van der Waals surface area contributed by atoms with Gasteiger partial charge < -0.3 is 19.9 Å². The van der Waals surface area contributed by atoms with Crippen LogP contribution in [0.4, 0.5) is 4.79 Å². The third-order valence-corrected chi connectivity index (χ3v) is 6.82. The second-order valence-electron chi connectivity index (χ2n) is 9.29. The van der Waals surface area contributed by atoms with Crippen molar-refractivity contribution in [1.29, 1.82) is 0 Å². The van der Waals surface area contributed by atoms with Gasteiger partial charge in [0, 0.05) is 32.7 Å². The van der Waals surface area contributed by atoms with Crippen LogP contribution in [0.2, 0.25) is 0 Å². The molecule has 2 aromatic rings. The number of hydrogen-bond donors (Lipinski definition) is 1. The topological polar surface area (TPSA) is 79.0 Å². The lowest BCUT2D eigenvalue weighted by Gasteiger charge is -2.31. The molecular formula is C28H35N3O4. The highest BCUT2D eigenvalue weighted by Gasteiger charge is 2.41. The number of nitrogens with one attached hydrogen (secondary N) is 1. The van der Waals surface area contributed by atoms with E-state index >= 15 is 0 Å². The van der Waals surface area contributed by atoms with Gasteiger partial charge in [-0.15, -0.1) is 0 Å². The molecule has 0 spiro atoms. The smallest absolute Gasteiger partial charge is 0.318 e. The van der Waals surface area contributed by atoms with Gasteiger partial charge in [-0.2, -0.15) is 0 Å². The lowest BCUT2D eigenvalue weighted by molar-refractivity contribution is -0.140. The summed E-state index contributed by atoms with van der Waals surface area (Å²) in [5, 5.41) is 2.94. The number of rotatable bonds is 10. The zero-order valence-corrected chi connectivity index (χ0v) is 20.2. The minimum Gasteiger partial charge on any atom is -0.377 e. The standard InChI is InChI=1S/C28H35N3O4/c32-26(16-9-19-35-21-23-12-5-2-6-13-23)24-14-7-17-30(24)27(33)25-15-8-18-31(25)28(34)29-20-22-10-3-1-4-11-22/h1-6,10-13,24-25H,7-9,14-21H2,(H,29,34). The summed E-state index contributed by atoms with van der Waals surface area (Å²) in [4.78, 5) is 42.5. The summed E-state index contributed by atoms with van der Waals surface area (Å²) in [6.45, 7) is 2.61. The van der Waals surface area contributed by atoms with Gasteiger partial charge in [0.25, 0.3) is 0 Å². The number of ether oxygens (including phenoxy) is 1. The zero-order valence-electron chi connectivity index (χ0n) is 20.2. The number of carbonyl (C=O) groups is 3. The van der Waals surface area contributed by atoms with E-state index in [1.165, 1.54) is 0 Å². The quantitative estimate of drug-likeness (QED) is 0.526. The molecule has 7 heteroatoms. The maximum atomic E-state index is 13.4. The summed E-state index contributed by atoms with van der Waals surface area (Å²) in [6.07, 6.45) is 3.99. The third-order valence-electron chi connectivity index (χ3n) is 6.82. The number of ketones is 1. The van der Waals surface area contributed by atoms with Crippen molar-refractivity contribution in [3.05, 3.63) is 71.8 Å². The van der Waals surface area contributed by atoms with Crippen LogP contribution >= 0.6 is 0 Å². The van der Waals surface area contributed by atoms with Crippen LogP contribution < -0.4 is 5.32 Å². The number of hydrogen-bond acceptors (Lipinski definition) is 4. The molecule has 35 heavy (non-hydrogen) atoms. The molecule has 2 aromatic carbocycles. The molecule has 0 aromatic heterocycles. The van der Waals surface area contributed by atoms with E-state index in [-0.39, 0.29) is 23.8 Å². The molecule has 0 bridgehead atoms. The van der Waals surface area contributed by atoms with Crippen LogP contribution in [0, 0.1) is 0 Å². The predicted molar refractivity (Wildman–Crippen MR) is 133 cm³/mol. The number of Topliss-reactive ketones (excluding diaryl/α,β-unsaturated/α-hetero) is 1. The first-order valence-corrected chi connectivity index (χ1v) is 12.7. The highest BCUT2D eigenvalue weighted by molar-refractivity contribution is 5.93. The van der Waals surface area contributed by atoms with Crippen molar-refractivity contribution in [2.24, 2.45) is 0 Å². The Morgan fingerprint density at radius 1 is 0.829 bits per heavy atom. The molecule has 2 unspecified atom stereocenters. The van der Waals surface area contributed by atoms with Gasteiger partial charge in [-0.05, 0) is 43.2 Å². The predicted octanol–water partition coefficient (Wildman–Crippen LogP) is 3.92. The molecule has 0 radical (unpaired) electrons. The van der Waals surface area contributed by atoms with Crippen molar-refractivity contribution >= 4 is 17.7 Å². The van der Waals surface area contributed by atoms with Crippen LogP contribution in [0.5, 0.6) is 0 Å². The summed E-state index contributed by atoms with van der Waals surface area (Å²) >= 11 is 0. The van der Waals surface area contributed by atoms with Gasteiger partial charge in [0.05, 0.1) is 12.6 Å². The van der Waals surface area contributed by atoms with Gasteiger partial charge in [0.1, 0.15) is 6.04 Å². The van der Waals surface area contributed by atoms with Crippen molar-refractivity contribution in [3.8, 4) is 0 Å². The fourth-order valence-corrected chi connectivity index (χ4v) is 4.98. The van der Waals surface area contributed by atoms with E-state index in [9.17, 15) is 14.4 Å². The van der Waals surface area contributed by atoms with E-state index in [0.717, 1.165) is 24.0 Å². The highest BCUT2D eigenvalue weighted by atomic mass is 16.5. The van der Waals surface area contributed by atoms with Crippen molar-refractivity contribution in [2.45, 2.75) is 63.8 Å². The van der Waals surface area contributed by atoms with Gasteiger partial charge in [-0.1, -0.05) is 60.7 Å². The molecule has 0 saturated carbocycles. The van der Waals surface area contributed by atoms with Crippen molar-refractivity contribution in [1.82, 2.24) is 15.1 Å². The van der Waals surface area contributed by atoms with Gasteiger partial charge >= 0.3 is 6.03 Å². The van der Waals surface area contributed by atoms with E-state index in [0.29, 0.717) is 58.5 Å². The van der Waals surface area contributed by atoms with Crippen LogP contribution in [0.25, 0.3) is 0 Å². The van der Waals surface area contributed by atoms with E-state index in [1.807, 2.05) is 60.7 Å². The van der Waals surface area contributed by atoms with Crippen molar-refractivity contribution in [3.63, 3.8) is 0 Å². The minimum absolute atomic E-state index is 0.0893. The Balaban J connectivity index is 1.24. The van der Waals surface area contributed by atoms with E-state index in [2.05, 4.69) is 5.32 Å². The molecule has 2 aliphatic heterocycles. The molecule has 186 valence electrons. The first-order valence-electron chi connectivity index (χ1n) is 12.7. The first kappa shape index (κ1) is 24.9. The maximum absolute atomic E-state index is 13.4. The van der Waals surface area contributed by atoms with E-state index < -0.39 is 6.04 Å². The van der Waals surface area contributed by atoms with Crippen molar-refractivity contribution < 1.29 is 19.1 Å². The molecule has 4 rings (SSSR count). The van der Waals surface area contributed by atoms with Crippen molar-refractivity contribution in [2.75, 3.05) is 19.7 Å². The van der Waals surface area contributed by atoms with Gasteiger partial charge in [0.2, 0.25) is 5.91 Å². The Morgan fingerprint density at radius 2 is 1.46 bits per heavy atom. The van der Waals surface area contributed by atoms with Gasteiger partial charge in [0.15, 0.2) is 5.78 Å². The van der Waals surface area contributed by atoms with Crippen LogP contribution in [0.3, 0.4) is 0 Å². The Morgan fingerprint density at radius 3 is 2.17 bits per heavy atom. The lowest BCUT2D eigenvalue weighted by atomic mass is 10.0. The zero-order chi connectivity index (χ0) is 24.5. The largest absolute Gasteiger partial charge is 0.377 e. The summed E-state index contributed by atoms with van der Waals surface area (Å²) in [6, 6.07) is 18.6. The molecular weight excluding hydrogens is 442 g/mol. The maximum Gasteiger partial charge on any atom is 0.318 e. The average molecular weight is 478 g/mol. The van der Waals surface area contributed by atoms with Crippen LogP contribution in [-0.4, -0.2) is 59.3 Å². The second-order valence-corrected chi connectivity index (χ2v) is 9.29. The van der Waals surface area contributed by atoms with Gasteiger partial charge in [-0.3, -0.25) is 9.59 Å². The van der Waals surface area contributed by atoms with E-state index in [1.54, 1.807) is 9.80 Å². The molecule has 2 fully saturated rings. The molecule has 2 heterocycles. The summed E-state index contributed by atoms with van der Waals surface area (Å²) in [5.74, 6) is 0.00535. The molecule has 3 amide bonds. The number of benzene rings is 2. The molecule has 2 aliphatic rings. The second kappa shape index (κ2) is 12.5. The number of nitrogens with zero attached hydrogens (tertiary/aromatic N) is 2. The number of likely N-dealkylation sites (tertiary alicyclic amines) is 2. The number of carbonyl (C=O) groups excluding carboxylic acids is 3. The third kappa shape index (κ3) is 6.69. The SMILES string of the molecule is O=C(CCCOCc1ccccc1)C1CCCN1C(=O)C1CCCN1C(=O)NCc1ccccc1. The first-order chi connectivity index (χ1) is 17.1. The Hall–Kier alpha value is -3.19. The highest BCUT2D eigenvalue weighted by Crippen LogP contribution is 2.26. The van der Waals surface area contributed by atoms with E-state index in [4.69, 9.17) is 4.74 Å². The summed E-state index contributed by atoms with van der Waals surface area (Å²) in [7, 11) is 0. The molecule has 7 nitrogen and oxygen atoms in total. The Kier molecular flexibility index (Phi) is 8.90. The fourth-order valence-electron chi connectivity index (χ4n) is 4.98. The molecule has 2 atom stereocenters. The van der Waals surface area contributed by atoms with Crippen LogP contribution in [-0.2, 0) is 27.5 Å². The normalized spacial score (nSPS) is 19.7. The molecule has 2 saturated heterocycles. The number of urea groups is 1. The minimum atomic E-state index is -0.492. The fraction of sp³-hybridized carbons (Fsp3) is 0.464. The van der Waals surface area contributed by atoms with Crippen LogP contribution in [0.15, 0.2) is 60.7 Å². The summed E-state index contributed by atoms with van der Waals surface area (Å²) < 4.78 is 5.70. The van der Waals surface area contributed by atoms with Crippen LogP contribution in [0.1, 0.15) is 49.7 Å².